The number of sulfonamides is 1. The fourth-order valence-electron chi connectivity index (χ4n) is 2.81. The predicted octanol–water partition coefficient (Wildman–Crippen LogP) is 3.27. The molecule has 0 radical (unpaired) electrons. The highest BCUT2D eigenvalue weighted by molar-refractivity contribution is 7.91. The molecule has 0 saturated heterocycles. The lowest BCUT2D eigenvalue weighted by Crippen LogP contribution is -2.34. The monoisotopic (exact) mass is 447 g/mol. The van der Waals surface area contributed by atoms with Crippen molar-refractivity contribution < 1.29 is 18.0 Å². The lowest BCUT2D eigenvalue weighted by molar-refractivity contribution is -0.116. The van der Waals surface area contributed by atoms with E-state index in [9.17, 15) is 18.0 Å². The average Bonchev–Trinajstić information content (AvgIpc) is 3.12. The maximum absolute atomic E-state index is 12.4. The van der Waals surface area contributed by atoms with Crippen molar-refractivity contribution in [3.63, 3.8) is 0 Å². The number of hydrogen-bond donors (Lipinski definition) is 1. The van der Waals surface area contributed by atoms with Crippen LogP contribution in [0.25, 0.3) is 0 Å². The molecule has 1 amide bonds. The summed E-state index contributed by atoms with van der Waals surface area (Å²) in [5.41, 5.74) is 0.529. The van der Waals surface area contributed by atoms with Gasteiger partial charge in [-0.1, -0.05) is 36.8 Å². The molecule has 2 aromatic rings. The van der Waals surface area contributed by atoms with Crippen molar-refractivity contribution in [1.29, 1.82) is 0 Å². The minimum atomic E-state index is -3.80. The minimum absolute atomic E-state index is 0.0218. The highest BCUT2D eigenvalue weighted by Crippen LogP contribution is 2.38. The number of halogens is 1. The second-order valence-electron chi connectivity index (χ2n) is 7.10. The number of carbonyl (C=O) groups is 2. The smallest absolute Gasteiger partial charge is 0.252 e. The lowest BCUT2D eigenvalue weighted by Gasteiger charge is -2.26. The van der Waals surface area contributed by atoms with Crippen LogP contribution in [0.3, 0.4) is 0 Å². The summed E-state index contributed by atoms with van der Waals surface area (Å²) in [6, 6.07) is 2.89. The van der Waals surface area contributed by atoms with E-state index >= 15 is 0 Å². The van der Waals surface area contributed by atoms with Crippen LogP contribution < -0.4 is 5.32 Å². The normalized spacial score (nSPS) is 16.4. The van der Waals surface area contributed by atoms with Crippen molar-refractivity contribution in [3.05, 3.63) is 27.0 Å². The first kappa shape index (κ1) is 20.4. The average molecular weight is 448 g/mol. The van der Waals surface area contributed by atoms with E-state index in [0.717, 1.165) is 27.0 Å². The second-order valence-corrected chi connectivity index (χ2v) is 12.1. The highest BCUT2D eigenvalue weighted by atomic mass is 35.5. The summed E-state index contributed by atoms with van der Waals surface area (Å²) in [5.74, 6) is -0.505. The molecular formula is C16H18ClN3O4S3. The number of rotatable bonds is 5. The van der Waals surface area contributed by atoms with Crippen LogP contribution in [0, 0.1) is 5.41 Å². The number of hydrogen-bond acceptors (Lipinski definition) is 7. The summed E-state index contributed by atoms with van der Waals surface area (Å²) in [5, 5.41) is 2.90. The second kappa shape index (κ2) is 7.25. The molecule has 0 unspecified atom stereocenters. The van der Waals surface area contributed by atoms with Crippen molar-refractivity contribution in [3.8, 4) is 0 Å². The van der Waals surface area contributed by atoms with Gasteiger partial charge in [-0.15, -0.1) is 11.3 Å². The summed E-state index contributed by atoms with van der Waals surface area (Å²) < 4.78 is 26.3. The largest absolute Gasteiger partial charge is 0.301 e. The van der Waals surface area contributed by atoms with Crippen LogP contribution in [0.1, 0.15) is 35.6 Å². The molecule has 0 saturated carbocycles. The molecule has 0 spiro atoms. The number of carbonyl (C=O) groups excluding carboxylic acids is 2. The van der Waals surface area contributed by atoms with Gasteiger partial charge in [-0.25, -0.2) is 13.4 Å². The van der Waals surface area contributed by atoms with E-state index in [2.05, 4.69) is 10.3 Å². The number of anilines is 1. The Bertz CT molecular complexity index is 1010. The van der Waals surface area contributed by atoms with Gasteiger partial charge in [0.2, 0.25) is 5.91 Å². The Hall–Kier alpha value is -1.33. The first-order chi connectivity index (χ1) is 12.5. The lowest BCUT2D eigenvalue weighted by atomic mass is 9.78. The number of thiazole rings is 1. The Kier molecular flexibility index (Phi) is 5.48. The van der Waals surface area contributed by atoms with Gasteiger partial charge in [0.25, 0.3) is 10.0 Å². The van der Waals surface area contributed by atoms with Crippen molar-refractivity contribution in [1.82, 2.24) is 9.29 Å². The highest BCUT2D eigenvalue weighted by Gasteiger charge is 2.34. The number of nitrogens with zero attached hydrogens (tertiary/aromatic N) is 2. The molecule has 1 aliphatic carbocycles. The number of nitrogens with one attached hydrogen (secondary N) is 1. The molecule has 0 fully saturated rings. The van der Waals surface area contributed by atoms with Gasteiger partial charge < -0.3 is 5.32 Å². The number of ketones is 1. The van der Waals surface area contributed by atoms with Gasteiger partial charge in [0.1, 0.15) is 4.21 Å². The van der Waals surface area contributed by atoms with Crippen LogP contribution in [-0.2, 0) is 21.2 Å². The molecule has 27 heavy (non-hydrogen) atoms. The molecule has 11 heteroatoms. The van der Waals surface area contributed by atoms with Crippen LogP contribution in [0.2, 0.25) is 4.34 Å². The van der Waals surface area contributed by atoms with E-state index in [0.29, 0.717) is 32.9 Å². The fraction of sp³-hybridized carbons (Fsp3) is 0.438. The summed E-state index contributed by atoms with van der Waals surface area (Å²) >= 11 is 7.85. The van der Waals surface area contributed by atoms with Crippen LogP contribution in [-0.4, -0.2) is 43.0 Å². The van der Waals surface area contributed by atoms with E-state index in [1.165, 1.54) is 19.2 Å². The molecule has 146 valence electrons. The van der Waals surface area contributed by atoms with Crippen molar-refractivity contribution in [2.75, 3.05) is 18.9 Å². The topological polar surface area (TPSA) is 96.4 Å². The Balaban J connectivity index is 1.69. The van der Waals surface area contributed by atoms with E-state index in [4.69, 9.17) is 11.6 Å². The molecule has 2 heterocycles. The van der Waals surface area contributed by atoms with Gasteiger partial charge in [-0.05, 0) is 24.0 Å². The number of fused-ring (bicyclic) bond motifs is 1. The number of likely N-dealkylation sites (N-methyl/N-ethyl adjacent to an activating group) is 1. The van der Waals surface area contributed by atoms with E-state index < -0.39 is 15.9 Å². The number of amides is 1. The molecule has 7 nitrogen and oxygen atoms in total. The van der Waals surface area contributed by atoms with Crippen molar-refractivity contribution in [2.24, 2.45) is 5.41 Å². The van der Waals surface area contributed by atoms with E-state index in [1.807, 2.05) is 13.8 Å². The van der Waals surface area contributed by atoms with Gasteiger partial charge in [-0.2, -0.15) is 4.31 Å². The van der Waals surface area contributed by atoms with Gasteiger partial charge >= 0.3 is 0 Å². The molecule has 0 bridgehead atoms. The van der Waals surface area contributed by atoms with Crippen LogP contribution in [0.4, 0.5) is 5.13 Å². The molecule has 1 aliphatic rings. The van der Waals surface area contributed by atoms with Crippen molar-refractivity contribution >= 4 is 61.1 Å². The molecule has 3 rings (SSSR count). The first-order valence-electron chi connectivity index (χ1n) is 8.02. The van der Waals surface area contributed by atoms with Gasteiger partial charge in [0, 0.05) is 13.5 Å². The maximum atomic E-state index is 12.4. The van der Waals surface area contributed by atoms with Gasteiger partial charge in [-0.3, -0.25) is 9.59 Å². The van der Waals surface area contributed by atoms with E-state index in [-0.39, 0.29) is 22.0 Å². The number of Topliss-reactive ketones (excluding diaryl/α,β-unsaturated/α-hetero) is 1. The van der Waals surface area contributed by atoms with Gasteiger partial charge in [0.05, 0.1) is 21.5 Å². The number of aromatic nitrogens is 1. The van der Waals surface area contributed by atoms with Crippen LogP contribution >= 0.6 is 34.3 Å². The third kappa shape index (κ3) is 4.40. The van der Waals surface area contributed by atoms with E-state index in [1.54, 1.807) is 0 Å². The zero-order chi connectivity index (χ0) is 20.0. The maximum Gasteiger partial charge on any atom is 0.252 e. The summed E-state index contributed by atoms with van der Waals surface area (Å²) in [6.45, 7) is 3.63. The third-order valence-corrected chi connectivity index (χ3v) is 8.62. The fourth-order valence-corrected chi connectivity index (χ4v) is 6.57. The summed E-state index contributed by atoms with van der Waals surface area (Å²) in [6.07, 6.45) is 1.10. The molecule has 0 aromatic carbocycles. The Morgan fingerprint density at radius 2 is 2.04 bits per heavy atom. The molecule has 1 N–H and O–H groups in total. The predicted molar refractivity (Wildman–Crippen MR) is 106 cm³/mol. The zero-order valence-electron chi connectivity index (χ0n) is 14.9. The third-order valence-electron chi connectivity index (χ3n) is 4.06. The molecule has 2 aromatic heterocycles. The number of thiophene rings is 1. The van der Waals surface area contributed by atoms with Crippen LogP contribution in [0.5, 0.6) is 0 Å². The minimum Gasteiger partial charge on any atom is -0.301 e. The summed E-state index contributed by atoms with van der Waals surface area (Å²) in [4.78, 5) is 29.4. The molecular weight excluding hydrogens is 430 g/mol. The summed E-state index contributed by atoms with van der Waals surface area (Å²) in [7, 11) is -2.48. The quantitative estimate of drug-likeness (QED) is 0.758. The Morgan fingerprint density at radius 1 is 1.33 bits per heavy atom. The van der Waals surface area contributed by atoms with Crippen LogP contribution in [0.15, 0.2) is 16.3 Å². The zero-order valence-corrected chi connectivity index (χ0v) is 18.1. The molecule has 0 atom stereocenters. The SMILES string of the molecule is CN(CC(=O)Nc1nc2c(s1)C(=O)CC(C)(C)C2)S(=O)(=O)c1ccc(Cl)s1. The Morgan fingerprint density at radius 3 is 2.67 bits per heavy atom. The first-order valence-corrected chi connectivity index (χ1v) is 11.5. The molecule has 0 aliphatic heterocycles. The Labute approximate surface area is 170 Å². The standard InChI is InChI=1S/C16H18ClN3O4S3/c1-16(2)6-9-14(10(21)7-16)26-15(18-9)19-12(22)8-20(3)27(23,24)13-5-4-11(17)25-13/h4-5H,6-8H2,1-3H3,(H,18,19,22). The van der Waals surface area contributed by atoms with Crippen molar-refractivity contribution in [2.45, 2.75) is 30.9 Å². The van der Waals surface area contributed by atoms with Gasteiger partial charge in [0.15, 0.2) is 10.9 Å².